The van der Waals surface area contributed by atoms with Crippen LogP contribution in [0.5, 0.6) is 0 Å². The Labute approximate surface area is 175 Å². The molecule has 2 aromatic heterocycles. The zero-order valence-corrected chi connectivity index (χ0v) is 17.2. The van der Waals surface area contributed by atoms with Crippen LogP contribution >= 0.6 is 0 Å². The van der Waals surface area contributed by atoms with E-state index in [1.54, 1.807) is 10.9 Å². The number of carbonyl (C=O) groups is 1. The van der Waals surface area contributed by atoms with Gasteiger partial charge < -0.3 is 20.7 Å². The minimum Gasteiger partial charge on any atom is -0.381 e. The Morgan fingerprint density at radius 2 is 1.97 bits per heavy atom. The first kappa shape index (κ1) is 19.9. The van der Waals surface area contributed by atoms with E-state index in [1.165, 1.54) is 11.8 Å². The van der Waals surface area contributed by atoms with Crippen molar-refractivity contribution < 1.29 is 9.53 Å². The Balaban J connectivity index is 1.56. The second kappa shape index (κ2) is 8.54. The van der Waals surface area contributed by atoms with E-state index in [4.69, 9.17) is 10.5 Å². The van der Waals surface area contributed by atoms with E-state index in [1.807, 2.05) is 31.3 Å². The van der Waals surface area contributed by atoms with E-state index in [9.17, 15) is 4.79 Å². The number of nitrogens with zero attached hydrogens (tertiary/aromatic N) is 4. The Morgan fingerprint density at radius 3 is 2.60 bits per heavy atom. The fourth-order valence-corrected chi connectivity index (χ4v) is 3.72. The number of aryl methyl sites for hydroxylation is 1. The number of hydrogen-bond acceptors (Lipinski definition) is 6. The molecule has 8 nitrogen and oxygen atoms in total. The molecule has 0 radical (unpaired) electrons. The van der Waals surface area contributed by atoms with E-state index in [0.29, 0.717) is 23.0 Å². The highest BCUT2D eigenvalue weighted by Crippen LogP contribution is 2.31. The van der Waals surface area contributed by atoms with Gasteiger partial charge in [0.1, 0.15) is 5.82 Å². The lowest BCUT2D eigenvalue weighted by Crippen LogP contribution is -2.19. The minimum atomic E-state index is -0.527. The van der Waals surface area contributed by atoms with Crippen molar-refractivity contribution in [1.82, 2.24) is 14.8 Å². The zero-order valence-electron chi connectivity index (χ0n) is 17.2. The summed E-state index contributed by atoms with van der Waals surface area (Å²) in [4.78, 5) is 18.2. The zero-order chi connectivity index (χ0) is 21.1. The van der Waals surface area contributed by atoms with Crippen LogP contribution in [0.2, 0.25) is 0 Å². The van der Waals surface area contributed by atoms with Crippen molar-refractivity contribution in [2.75, 3.05) is 30.5 Å². The lowest BCUT2D eigenvalue weighted by Gasteiger charge is -2.22. The average molecular weight is 406 g/mol. The summed E-state index contributed by atoms with van der Waals surface area (Å²) in [6.07, 6.45) is 7.23. The first-order valence-corrected chi connectivity index (χ1v) is 9.98. The number of amides is 1. The average Bonchev–Trinajstić information content (AvgIpc) is 3.20. The maximum absolute atomic E-state index is 11.9. The first-order chi connectivity index (χ1) is 14.5. The number of benzene rings is 1. The van der Waals surface area contributed by atoms with Gasteiger partial charge in [0.2, 0.25) is 0 Å². The predicted molar refractivity (Wildman–Crippen MR) is 117 cm³/mol. The largest absolute Gasteiger partial charge is 0.381 e. The molecule has 0 spiro atoms. The summed E-state index contributed by atoms with van der Waals surface area (Å²) in [6.45, 7) is 1.65. The van der Waals surface area contributed by atoms with Crippen LogP contribution in [0.4, 0.5) is 22.9 Å². The molecule has 0 unspecified atom stereocenters. The van der Waals surface area contributed by atoms with Gasteiger partial charge in [0.05, 0.1) is 23.1 Å². The fourth-order valence-electron chi connectivity index (χ4n) is 3.72. The van der Waals surface area contributed by atoms with Crippen molar-refractivity contribution in [3.63, 3.8) is 0 Å². The number of rotatable bonds is 6. The van der Waals surface area contributed by atoms with Crippen LogP contribution in [-0.4, -0.2) is 40.9 Å². The van der Waals surface area contributed by atoms with Crippen LogP contribution < -0.4 is 16.0 Å². The molecule has 0 atom stereocenters. The number of nitrogens with two attached hydrogens (primary N) is 1. The van der Waals surface area contributed by atoms with Crippen molar-refractivity contribution in [3.8, 4) is 0 Å². The van der Waals surface area contributed by atoms with Crippen molar-refractivity contribution in [2.24, 2.45) is 12.8 Å². The van der Waals surface area contributed by atoms with Crippen molar-refractivity contribution in [1.29, 1.82) is 0 Å². The third-order valence-corrected chi connectivity index (χ3v) is 5.46. The highest BCUT2D eigenvalue weighted by Gasteiger charge is 2.17. The third kappa shape index (κ3) is 4.28. The van der Waals surface area contributed by atoms with Gasteiger partial charge in [-0.25, -0.2) is 4.98 Å². The van der Waals surface area contributed by atoms with E-state index < -0.39 is 5.91 Å². The molecule has 1 aliphatic heterocycles. The molecular formula is C22H26N6O2. The molecule has 8 heteroatoms. The maximum atomic E-state index is 11.9. The fraction of sp³-hybridized carbons (Fsp3) is 0.318. The molecule has 1 fully saturated rings. The predicted octanol–water partition coefficient (Wildman–Crippen LogP) is 3.32. The number of ether oxygens (including phenoxy) is 1. The number of carbonyl (C=O) groups excluding carboxylic acids is 1. The topological polar surface area (TPSA) is 98.3 Å². The van der Waals surface area contributed by atoms with Gasteiger partial charge in [-0.2, -0.15) is 5.10 Å². The number of hydrogen-bond donors (Lipinski definition) is 2. The van der Waals surface area contributed by atoms with Crippen LogP contribution in [0.25, 0.3) is 0 Å². The quantitative estimate of drug-likeness (QED) is 0.652. The lowest BCUT2D eigenvalue weighted by atomic mass is 9.92. The molecule has 0 saturated carbocycles. The Morgan fingerprint density at radius 1 is 1.23 bits per heavy atom. The normalized spacial score (nSPS) is 14.5. The number of anilines is 4. The minimum absolute atomic E-state index is 0.349. The van der Waals surface area contributed by atoms with Crippen molar-refractivity contribution >= 4 is 28.8 Å². The van der Waals surface area contributed by atoms with Gasteiger partial charge >= 0.3 is 0 Å². The van der Waals surface area contributed by atoms with E-state index >= 15 is 0 Å². The van der Waals surface area contributed by atoms with Crippen LogP contribution in [0.15, 0.2) is 48.9 Å². The molecule has 3 heterocycles. The number of pyridine rings is 1. The van der Waals surface area contributed by atoms with Gasteiger partial charge in [0.25, 0.3) is 5.91 Å². The van der Waals surface area contributed by atoms with Gasteiger partial charge in [-0.1, -0.05) is 12.1 Å². The molecule has 4 rings (SSSR count). The van der Waals surface area contributed by atoms with Gasteiger partial charge in [0.15, 0.2) is 0 Å². The number of aromatic nitrogens is 3. The summed E-state index contributed by atoms with van der Waals surface area (Å²) in [5.41, 5.74) is 9.69. The molecular weight excluding hydrogens is 380 g/mol. The van der Waals surface area contributed by atoms with Crippen LogP contribution in [-0.2, 0) is 11.8 Å². The summed E-state index contributed by atoms with van der Waals surface area (Å²) in [5, 5.41) is 7.51. The third-order valence-electron chi connectivity index (χ3n) is 5.46. The molecule has 30 heavy (non-hydrogen) atoms. The van der Waals surface area contributed by atoms with Gasteiger partial charge in [-0.15, -0.1) is 0 Å². The summed E-state index contributed by atoms with van der Waals surface area (Å²) < 4.78 is 7.16. The highest BCUT2D eigenvalue weighted by molar-refractivity contribution is 5.99. The summed E-state index contributed by atoms with van der Waals surface area (Å²) in [7, 11) is 3.71. The molecule has 156 valence electrons. The monoisotopic (exact) mass is 406 g/mol. The van der Waals surface area contributed by atoms with E-state index in [0.717, 1.165) is 37.4 Å². The summed E-state index contributed by atoms with van der Waals surface area (Å²) in [5.74, 6) is 0.658. The molecule has 1 amide bonds. The Bertz CT molecular complexity index is 1020. The van der Waals surface area contributed by atoms with Gasteiger partial charge in [0, 0.05) is 51.5 Å². The summed E-state index contributed by atoms with van der Waals surface area (Å²) >= 11 is 0. The molecule has 0 aliphatic carbocycles. The standard InChI is InChI=1S/C22H26N6O2/c1-27-14-18(12-25-27)28(2)20-11-21(24-13-19(20)22(23)29)26-17-5-3-15(4-6-17)16-7-9-30-10-8-16/h3-6,11-14,16H,7-10H2,1-2H3,(H2,23,29)(H,24,26). The van der Waals surface area contributed by atoms with Crippen LogP contribution in [0.1, 0.15) is 34.7 Å². The van der Waals surface area contributed by atoms with Crippen molar-refractivity contribution in [2.45, 2.75) is 18.8 Å². The second-order valence-electron chi connectivity index (χ2n) is 7.52. The second-order valence-corrected chi connectivity index (χ2v) is 7.52. The lowest BCUT2D eigenvalue weighted by molar-refractivity contribution is 0.0853. The summed E-state index contributed by atoms with van der Waals surface area (Å²) in [6, 6.07) is 10.2. The Hall–Kier alpha value is -3.39. The highest BCUT2D eigenvalue weighted by atomic mass is 16.5. The van der Waals surface area contributed by atoms with Crippen LogP contribution in [0.3, 0.4) is 0 Å². The molecule has 1 aliphatic rings. The van der Waals surface area contributed by atoms with Gasteiger partial charge in [-0.05, 0) is 36.5 Å². The molecule has 3 aromatic rings. The first-order valence-electron chi connectivity index (χ1n) is 9.98. The van der Waals surface area contributed by atoms with E-state index in [2.05, 4.69) is 39.7 Å². The maximum Gasteiger partial charge on any atom is 0.252 e. The number of primary amides is 1. The molecule has 0 bridgehead atoms. The SMILES string of the molecule is CN(c1cnn(C)c1)c1cc(Nc2ccc(C3CCOCC3)cc2)ncc1C(N)=O. The molecule has 1 saturated heterocycles. The molecule has 3 N–H and O–H groups in total. The van der Waals surface area contributed by atoms with Gasteiger partial charge in [-0.3, -0.25) is 9.48 Å². The number of nitrogens with one attached hydrogen (secondary N) is 1. The molecule has 1 aromatic carbocycles. The van der Waals surface area contributed by atoms with E-state index in [-0.39, 0.29) is 0 Å². The Kier molecular flexibility index (Phi) is 5.67. The smallest absolute Gasteiger partial charge is 0.252 e. The van der Waals surface area contributed by atoms with Crippen LogP contribution in [0, 0.1) is 0 Å². The van der Waals surface area contributed by atoms with Crippen molar-refractivity contribution in [3.05, 3.63) is 60.0 Å².